The van der Waals surface area contributed by atoms with Gasteiger partial charge in [-0.1, -0.05) is 24.3 Å². The number of nitrogens with zero attached hydrogens (tertiary/aromatic N) is 3. The number of nitrogens with one attached hydrogen (secondary N) is 2. The summed E-state index contributed by atoms with van der Waals surface area (Å²) in [4.78, 5) is 33.4. The van der Waals surface area contributed by atoms with E-state index < -0.39 is 11.5 Å². The lowest BCUT2D eigenvalue weighted by molar-refractivity contribution is -0.124. The van der Waals surface area contributed by atoms with Gasteiger partial charge in [0, 0.05) is 36.5 Å². The first kappa shape index (κ1) is 25.7. The fourth-order valence-corrected chi connectivity index (χ4v) is 4.82. The molecule has 10 heteroatoms. The molecule has 0 bridgehead atoms. The van der Waals surface area contributed by atoms with Crippen LogP contribution >= 0.6 is 0 Å². The number of aromatic nitrogens is 3. The van der Waals surface area contributed by atoms with Crippen molar-refractivity contribution in [3.8, 4) is 0 Å². The zero-order valence-electron chi connectivity index (χ0n) is 20.7. The predicted octanol–water partition coefficient (Wildman–Crippen LogP) is 4.03. The van der Waals surface area contributed by atoms with E-state index in [0.29, 0.717) is 11.6 Å². The van der Waals surface area contributed by atoms with Crippen molar-refractivity contribution < 1.29 is 13.6 Å². The first-order valence-corrected chi connectivity index (χ1v) is 12.2. The van der Waals surface area contributed by atoms with Gasteiger partial charge in [-0.25, -0.2) is 13.8 Å². The summed E-state index contributed by atoms with van der Waals surface area (Å²) in [5, 5.41) is 6.95. The molecule has 8 nitrogen and oxygen atoms in total. The topological polar surface area (TPSA) is 115 Å². The standard InChI is InChI=1S/C26H32F2N6O2/c1-16(2)34-22(36)9-6-19-15-30-24(32-23(19)34)31-17(3)18-4-7-20(8-5-18)25(33-21(35)14-29)10-12-26(27,28)13-11-25/h4-9,15-17H,10-14,29H2,1-3H3,(H,33,35)(H,30,31,32)/t17-/m0/s1. The van der Waals surface area contributed by atoms with Crippen LogP contribution in [0.1, 0.15) is 69.7 Å². The summed E-state index contributed by atoms with van der Waals surface area (Å²) in [5.41, 5.74) is 6.76. The van der Waals surface area contributed by atoms with Crippen molar-refractivity contribution in [1.82, 2.24) is 19.9 Å². The number of alkyl halides is 2. The molecule has 1 atom stereocenters. The average molecular weight is 499 g/mol. The summed E-state index contributed by atoms with van der Waals surface area (Å²) in [6, 6.07) is 10.5. The summed E-state index contributed by atoms with van der Waals surface area (Å²) < 4.78 is 29.4. The van der Waals surface area contributed by atoms with Gasteiger partial charge in [-0.15, -0.1) is 0 Å². The highest BCUT2D eigenvalue weighted by molar-refractivity contribution is 5.79. The van der Waals surface area contributed by atoms with Gasteiger partial charge < -0.3 is 16.4 Å². The van der Waals surface area contributed by atoms with Gasteiger partial charge in [0.2, 0.25) is 17.8 Å². The number of rotatable bonds is 7. The van der Waals surface area contributed by atoms with E-state index in [9.17, 15) is 18.4 Å². The molecular weight excluding hydrogens is 466 g/mol. The third kappa shape index (κ3) is 5.23. The van der Waals surface area contributed by atoms with Crippen molar-refractivity contribution in [2.75, 3.05) is 11.9 Å². The Kier molecular flexibility index (Phi) is 7.08. The number of pyridine rings is 1. The molecule has 0 radical (unpaired) electrons. The van der Waals surface area contributed by atoms with Crippen LogP contribution in [0, 0.1) is 0 Å². The minimum Gasteiger partial charge on any atom is -0.348 e. The van der Waals surface area contributed by atoms with Gasteiger partial charge in [0.05, 0.1) is 18.1 Å². The second-order valence-electron chi connectivity index (χ2n) is 9.79. The summed E-state index contributed by atoms with van der Waals surface area (Å²) >= 11 is 0. The van der Waals surface area contributed by atoms with Gasteiger partial charge in [-0.2, -0.15) is 4.98 Å². The number of benzene rings is 1. The fraction of sp³-hybridized carbons (Fsp3) is 0.462. The molecule has 0 unspecified atom stereocenters. The molecule has 192 valence electrons. The second-order valence-corrected chi connectivity index (χ2v) is 9.79. The maximum absolute atomic E-state index is 13.9. The molecule has 4 N–H and O–H groups in total. The summed E-state index contributed by atoms with van der Waals surface area (Å²) in [6.07, 6.45) is 1.38. The normalized spacial score (nSPS) is 17.6. The average Bonchev–Trinajstić information content (AvgIpc) is 2.85. The van der Waals surface area contributed by atoms with Gasteiger partial charge in [0.15, 0.2) is 0 Å². The third-order valence-corrected chi connectivity index (χ3v) is 6.89. The van der Waals surface area contributed by atoms with Crippen LogP contribution in [0.3, 0.4) is 0 Å². The molecular formula is C26H32F2N6O2. The molecule has 2 heterocycles. The quantitative estimate of drug-likeness (QED) is 0.453. The molecule has 0 spiro atoms. The SMILES string of the molecule is CC(C)n1c(=O)ccc2cnc(N[C@@H](C)c3ccc(C4(NC(=O)CN)CCC(F)(F)CC4)cc3)nc21. The van der Waals surface area contributed by atoms with Crippen molar-refractivity contribution in [2.24, 2.45) is 5.73 Å². The van der Waals surface area contributed by atoms with E-state index in [0.717, 1.165) is 16.5 Å². The van der Waals surface area contributed by atoms with E-state index >= 15 is 0 Å². The smallest absolute Gasteiger partial charge is 0.252 e. The molecule has 1 fully saturated rings. The Labute approximate surface area is 208 Å². The number of amides is 1. The van der Waals surface area contributed by atoms with Crippen LogP contribution in [-0.4, -0.2) is 32.9 Å². The maximum Gasteiger partial charge on any atom is 0.252 e. The zero-order valence-corrected chi connectivity index (χ0v) is 20.7. The molecule has 1 aliphatic carbocycles. The summed E-state index contributed by atoms with van der Waals surface area (Å²) in [5.74, 6) is -2.71. The highest BCUT2D eigenvalue weighted by Gasteiger charge is 2.45. The number of carbonyl (C=O) groups excluding carboxylic acids is 1. The molecule has 1 aliphatic rings. The van der Waals surface area contributed by atoms with Gasteiger partial charge in [0.1, 0.15) is 5.65 Å². The Balaban J connectivity index is 1.57. The van der Waals surface area contributed by atoms with Crippen LogP contribution in [0.2, 0.25) is 0 Å². The van der Waals surface area contributed by atoms with Crippen molar-refractivity contribution in [2.45, 2.75) is 70.0 Å². The van der Waals surface area contributed by atoms with Crippen LogP contribution in [0.15, 0.2) is 47.4 Å². The lowest BCUT2D eigenvalue weighted by Crippen LogP contribution is -2.51. The lowest BCUT2D eigenvalue weighted by atomic mass is 9.75. The maximum atomic E-state index is 13.9. The molecule has 1 saturated carbocycles. The monoisotopic (exact) mass is 498 g/mol. The Hall–Kier alpha value is -3.40. The number of hydrogen-bond donors (Lipinski definition) is 3. The van der Waals surface area contributed by atoms with Crippen molar-refractivity contribution >= 4 is 22.9 Å². The number of fused-ring (bicyclic) bond motifs is 1. The van der Waals surface area contributed by atoms with E-state index in [1.807, 2.05) is 45.0 Å². The molecule has 3 aromatic rings. The largest absolute Gasteiger partial charge is 0.348 e. The molecule has 1 amide bonds. The van der Waals surface area contributed by atoms with Gasteiger partial charge in [-0.05, 0) is 50.8 Å². The lowest BCUT2D eigenvalue weighted by Gasteiger charge is -2.41. The zero-order chi connectivity index (χ0) is 26.1. The molecule has 4 rings (SSSR count). The van der Waals surface area contributed by atoms with Crippen molar-refractivity contribution in [3.05, 3.63) is 64.1 Å². The first-order chi connectivity index (χ1) is 17.0. The van der Waals surface area contributed by atoms with Crippen LogP contribution in [0.5, 0.6) is 0 Å². The highest BCUT2D eigenvalue weighted by atomic mass is 19.3. The Morgan fingerprint density at radius 2 is 1.75 bits per heavy atom. The summed E-state index contributed by atoms with van der Waals surface area (Å²) in [6.45, 7) is 5.61. The second kappa shape index (κ2) is 9.93. The van der Waals surface area contributed by atoms with Gasteiger partial charge in [0.25, 0.3) is 5.56 Å². The van der Waals surface area contributed by atoms with Crippen LogP contribution in [0.25, 0.3) is 11.0 Å². The molecule has 0 saturated heterocycles. The van der Waals surface area contributed by atoms with E-state index in [1.165, 1.54) is 6.07 Å². The van der Waals surface area contributed by atoms with E-state index in [4.69, 9.17) is 5.73 Å². The number of halogens is 2. The fourth-order valence-electron chi connectivity index (χ4n) is 4.82. The number of carbonyl (C=O) groups is 1. The minimum absolute atomic E-state index is 0.0549. The number of hydrogen-bond acceptors (Lipinski definition) is 6. The first-order valence-electron chi connectivity index (χ1n) is 12.2. The molecule has 0 aliphatic heterocycles. The van der Waals surface area contributed by atoms with Gasteiger partial charge in [-0.3, -0.25) is 14.2 Å². The van der Waals surface area contributed by atoms with Crippen LogP contribution < -0.4 is 21.9 Å². The molecule has 2 aromatic heterocycles. The van der Waals surface area contributed by atoms with E-state index in [-0.39, 0.29) is 55.8 Å². The van der Waals surface area contributed by atoms with Crippen LogP contribution in [-0.2, 0) is 10.3 Å². The van der Waals surface area contributed by atoms with Gasteiger partial charge >= 0.3 is 0 Å². The van der Waals surface area contributed by atoms with Crippen molar-refractivity contribution in [1.29, 1.82) is 0 Å². The molecule has 36 heavy (non-hydrogen) atoms. The Morgan fingerprint density at radius 3 is 2.36 bits per heavy atom. The Morgan fingerprint density at radius 1 is 1.08 bits per heavy atom. The minimum atomic E-state index is -2.73. The van der Waals surface area contributed by atoms with Crippen LogP contribution in [0.4, 0.5) is 14.7 Å². The number of anilines is 1. The Bertz CT molecular complexity index is 1300. The number of nitrogens with two attached hydrogens (primary N) is 1. The summed E-state index contributed by atoms with van der Waals surface area (Å²) in [7, 11) is 0. The third-order valence-electron chi connectivity index (χ3n) is 6.89. The van der Waals surface area contributed by atoms with Crippen molar-refractivity contribution in [3.63, 3.8) is 0 Å². The van der Waals surface area contributed by atoms with E-state index in [1.54, 1.807) is 16.8 Å². The molecule has 1 aromatic carbocycles. The highest BCUT2D eigenvalue weighted by Crippen LogP contribution is 2.44. The van der Waals surface area contributed by atoms with E-state index in [2.05, 4.69) is 20.6 Å². The predicted molar refractivity (Wildman–Crippen MR) is 135 cm³/mol.